The Morgan fingerprint density at radius 1 is 1.12 bits per heavy atom. The summed E-state index contributed by atoms with van der Waals surface area (Å²) >= 11 is 0. The van der Waals surface area contributed by atoms with Gasteiger partial charge >= 0.3 is 0 Å². The molecule has 1 aromatic rings. The maximum Gasteiger partial charge on any atom is 0.246 e. The van der Waals surface area contributed by atoms with E-state index in [0.717, 1.165) is 47.7 Å². The number of fused-ring (bicyclic) bond motifs is 2. The van der Waals surface area contributed by atoms with Crippen LogP contribution in [-0.4, -0.2) is 19.1 Å². The number of benzene rings is 1. The van der Waals surface area contributed by atoms with Crippen LogP contribution in [0.1, 0.15) is 51.4 Å². The molecule has 0 bridgehead atoms. The minimum Gasteiger partial charge on any atom is -0.497 e. The van der Waals surface area contributed by atoms with Gasteiger partial charge in [0, 0.05) is 6.07 Å². The third kappa shape index (κ3) is 3.24. The maximum absolute atomic E-state index is 12.3. The zero-order valence-electron chi connectivity index (χ0n) is 14.5. The molecule has 2 saturated carbocycles. The second-order valence-electron chi connectivity index (χ2n) is 7.73. The molecule has 2 N–H and O–H groups in total. The normalized spacial score (nSPS) is 30.1. The van der Waals surface area contributed by atoms with E-state index < -0.39 is 0 Å². The summed E-state index contributed by atoms with van der Waals surface area (Å²) in [6, 6.07) is 5.66. The minimum absolute atomic E-state index is 0.0763. The van der Waals surface area contributed by atoms with Gasteiger partial charge in [-0.1, -0.05) is 25.7 Å². The predicted octanol–water partition coefficient (Wildman–Crippen LogP) is 4.42. The van der Waals surface area contributed by atoms with Gasteiger partial charge in [0.15, 0.2) is 0 Å². The van der Waals surface area contributed by atoms with Crippen LogP contribution in [0.4, 0.5) is 11.4 Å². The quantitative estimate of drug-likeness (QED) is 0.728. The zero-order chi connectivity index (χ0) is 16.5. The van der Waals surface area contributed by atoms with E-state index in [9.17, 15) is 4.79 Å². The monoisotopic (exact) mass is 328 g/mol. The van der Waals surface area contributed by atoms with Gasteiger partial charge in [-0.3, -0.25) is 4.79 Å². The number of rotatable bonds is 7. The highest BCUT2D eigenvalue weighted by molar-refractivity contribution is 6.03. The molecule has 2 fully saturated rings. The lowest BCUT2D eigenvalue weighted by molar-refractivity contribution is -0.117. The molecule has 4 nitrogen and oxygen atoms in total. The van der Waals surface area contributed by atoms with Crippen molar-refractivity contribution in [2.24, 2.45) is 17.8 Å². The van der Waals surface area contributed by atoms with Gasteiger partial charge in [-0.2, -0.15) is 0 Å². The fourth-order valence-corrected chi connectivity index (χ4v) is 4.67. The number of carbonyl (C=O) groups excluding carboxylic acids is 1. The molecular formula is C20H28N2O2. The molecule has 0 spiro atoms. The molecule has 1 amide bonds. The number of methoxy groups -OCH3 is 1. The molecule has 2 aliphatic carbocycles. The first-order chi connectivity index (χ1) is 11.7. The summed E-state index contributed by atoms with van der Waals surface area (Å²) in [7, 11) is 1.64. The Morgan fingerprint density at radius 3 is 2.75 bits per heavy atom. The van der Waals surface area contributed by atoms with Gasteiger partial charge in [0.25, 0.3) is 0 Å². The van der Waals surface area contributed by atoms with Crippen LogP contribution in [0.2, 0.25) is 0 Å². The fourth-order valence-electron chi connectivity index (χ4n) is 4.67. The van der Waals surface area contributed by atoms with Crippen LogP contribution < -0.4 is 15.4 Å². The lowest BCUT2D eigenvalue weighted by Gasteiger charge is -2.27. The Balaban J connectivity index is 1.21. The first-order valence-electron chi connectivity index (χ1n) is 9.50. The molecule has 0 saturated heterocycles. The van der Waals surface area contributed by atoms with Crippen molar-refractivity contribution in [1.29, 1.82) is 0 Å². The van der Waals surface area contributed by atoms with E-state index in [1.807, 2.05) is 18.2 Å². The largest absolute Gasteiger partial charge is 0.497 e. The summed E-state index contributed by atoms with van der Waals surface area (Å²) in [5.41, 5.74) is 1.81. The highest BCUT2D eigenvalue weighted by Crippen LogP contribution is 2.56. The van der Waals surface area contributed by atoms with Crippen LogP contribution in [0.3, 0.4) is 0 Å². The van der Waals surface area contributed by atoms with E-state index in [4.69, 9.17) is 4.74 Å². The highest BCUT2D eigenvalue weighted by Gasteiger charge is 2.47. The number of hydrogen-bond acceptors (Lipinski definition) is 3. The summed E-state index contributed by atoms with van der Waals surface area (Å²) < 4.78 is 5.21. The molecule has 3 unspecified atom stereocenters. The summed E-state index contributed by atoms with van der Waals surface area (Å²) in [6.45, 7) is 0. The fraction of sp³-hybridized carbons (Fsp3) is 0.650. The summed E-state index contributed by atoms with van der Waals surface area (Å²) in [5, 5.41) is 6.38. The van der Waals surface area contributed by atoms with Gasteiger partial charge in [-0.15, -0.1) is 0 Å². The predicted molar refractivity (Wildman–Crippen MR) is 96.4 cm³/mol. The third-order valence-corrected chi connectivity index (χ3v) is 6.19. The molecule has 4 rings (SSSR count). The van der Waals surface area contributed by atoms with Crippen molar-refractivity contribution in [3.05, 3.63) is 18.2 Å². The first kappa shape index (κ1) is 15.8. The van der Waals surface area contributed by atoms with Crippen molar-refractivity contribution in [2.45, 2.75) is 57.4 Å². The molecule has 0 aromatic heterocycles. The van der Waals surface area contributed by atoms with Crippen LogP contribution in [0.15, 0.2) is 18.2 Å². The Morgan fingerprint density at radius 2 is 2.00 bits per heavy atom. The van der Waals surface area contributed by atoms with Crippen molar-refractivity contribution in [3.63, 3.8) is 0 Å². The van der Waals surface area contributed by atoms with Gasteiger partial charge in [0.05, 0.1) is 18.5 Å². The van der Waals surface area contributed by atoms with Gasteiger partial charge in [0.1, 0.15) is 11.8 Å². The molecule has 1 aliphatic heterocycles. The Bertz CT molecular complexity index is 616. The van der Waals surface area contributed by atoms with Gasteiger partial charge < -0.3 is 15.4 Å². The topological polar surface area (TPSA) is 50.4 Å². The van der Waals surface area contributed by atoms with Crippen molar-refractivity contribution in [2.75, 3.05) is 17.7 Å². The molecule has 24 heavy (non-hydrogen) atoms. The molecule has 0 radical (unpaired) electrons. The third-order valence-electron chi connectivity index (χ3n) is 6.19. The Hall–Kier alpha value is -1.71. The standard InChI is InChI=1S/C20H28N2O2/c1-24-15-9-10-17-19(12-15)22-20(23)18(21-17)6-4-2-3-5-13-7-8-14-11-16(13)14/h9-10,12-14,16,18,21H,2-8,11H2,1H3,(H,22,23)/t13-,14?,16?,18?/m0/s1. The van der Waals surface area contributed by atoms with Crippen molar-refractivity contribution >= 4 is 17.3 Å². The smallest absolute Gasteiger partial charge is 0.246 e. The number of nitrogens with one attached hydrogen (secondary N) is 2. The van der Waals surface area contributed by atoms with Crippen LogP contribution >= 0.6 is 0 Å². The molecular weight excluding hydrogens is 300 g/mol. The van der Waals surface area contributed by atoms with Crippen molar-refractivity contribution < 1.29 is 9.53 Å². The lowest BCUT2D eigenvalue weighted by atomic mass is 9.95. The molecule has 1 heterocycles. The summed E-state index contributed by atoms with van der Waals surface area (Å²) in [6.07, 6.45) is 10.5. The molecule has 130 valence electrons. The van der Waals surface area contributed by atoms with Crippen LogP contribution in [0.5, 0.6) is 5.75 Å². The summed E-state index contributed by atoms with van der Waals surface area (Å²) in [4.78, 5) is 12.3. The highest BCUT2D eigenvalue weighted by atomic mass is 16.5. The number of unbranched alkanes of at least 4 members (excludes halogenated alkanes) is 2. The lowest BCUT2D eigenvalue weighted by Crippen LogP contribution is -2.38. The Labute approximate surface area is 144 Å². The maximum atomic E-state index is 12.3. The minimum atomic E-state index is -0.106. The number of amides is 1. The van der Waals surface area contributed by atoms with E-state index in [2.05, 4.69) is 10.6 Å². The average Bonchev–Trinajstić information content (AvgIpc) is 3.27. The first-order valence-corrected chi connectivity index (χ1v) is 9.50. The van der Waals surface area contributed by atoms with Crippen LogP contribution in [-0.2, 0) is 4.79 Å². The van der Waals surface area contributed by atoms with Crippen molar-refractivity contribution in [1.82, 2.24) is 0 Å². The van der Waals surface area contributed by atoms with E-state index in [1.54, 1.807) is 7.11 Å². The zero-order valence-corrected chi connectivity index (χ0v) is 14.5. The second-order valence-corrected chi connectivity index (χ2v) is 7.73. The van der Waals surface area contributed by atoms with E-state index >= 15 is 0 Å². The summed E-state index contributed by atoms with van der Waals surface area (Å²) in [5.74, 6) is 4.05. The number of carbonyl (C=O) groups is 1. The molecule has 3 aliphatic rings. The number of hydrogen-bond donors (Lipinski definition) is 2. The SMILES string of the molecule is COc1ccc2c(c1)NC(=O)C(CCCCC[C@H]1CCC3CC31)N2. The average molecular weight is 328 g/mol. The van der Waals surface area contributed by atoms with E-state index in [0.29, 0.717) is 0 Å². The number of anilines is 2. The van der Waals surface area contributed by atoms with Gasteiger partial charge in [-0.25, -0.2) is 0 Å². The molecule has 4 heteroatoms. The second kappa shape index (κ2) is 6.66. The van der Waals surface area contributed by atoms with Gasteiger partial charge in [0.2, 0.25) is 5.91 Å². The van der Waals surface area contributed by atoms with Crippen molar-refractivity contribution in [3.8, 4) is 5.75 Å². The number of ether oxygens (including phenoxy) is 1. The van der Waals surface area contributed by atoms with E-state index in [-0.39, 0.29) is 11.9 Å². The molecule has 1 aromatic carbocycles. The molecule has 4 atom stereocenters. The van der Waals surface area contributed by atoms with Crippen LogP contribution in [0, 0.1) is 17.8 Å². The Kier molecular flexibility index (Phi) is 4.38. The van der Waals surface area contributed by atoms with Gasteiger partial charge in [-0.05, 0) is 55.6 Å². The van der Waals surface area contributed by atoms with Crippen LogP contribution in [0.25, 0.3) is 0 Å². The van der Waals surface area contributed by atoms with E-state index in [1.165, 1.54) is 38.5 Å².